The molecule has 5 nitrogen and oxygen atoms in total. The summed E-state index contributed by atoms with van der Waals surface area (Å²) in [5, 5.41) is 5.40. The Balaban J connectivity index is 1.93. The molecule has 0 atom stereocenters. The third-order valence-corrected chi connectivity index (χ3v) is 6.19. The van der Waals surface area contributed by atoms with Crippen LogP contribution >= 0.6 is 23.2 Å². The molecule has 0 radical (unpaired) electrons. The number of nitrogens with zero attached hydrogens (tertiary/aromatic N) is 2. The minimum atomic E-state index is -3.87. The summed E-state index contributed by atoms with van der Waals surface area (Å²) in [7, 11) is -3.87. The van der Waals surface area contributed by atoms with Gasteiger partial charge in [0.15, 0.2) is 0 Å². The van der Waals surface area contributed by atoms with Gasteiger partial charge < -0.3 is 0 Å². The van der Waals surface area contributed by atoms with Gasteiger partial charge in [-0.3, -0.25) is 9.40 Å². The number of aromatic nitrogens is 2. The van der Waals surface area contributed by atoms with Gasteiger partial charge in [0.05, 0.1) is 28.5 Å². The molecule has 0 saturated heterocycles. The molecule has 0 spiro atoms. The molecule has 0 fully saturated rings. The summed E-state index contributed by atoms with van der Waals surface area (Å²) in [6.07, 6.45) is 0. The highest BCUT2D eigenvalue weighted by atomic mass is 35.5. The third-order valence-electron chi connectivity index (χ3n) is 4.11. The Morgan fingerprint density at radius 2 is 1.67 bits per heavy atom. The molecule has 1 heterocycles. The molecule has 1 aromatic heterocycles. The van der Waals surface area contributed by atoms with Crippen molar-refractivity contribution in [2.45, 2.75) is 25.3 Å². The van der Waals surface area contributed by atoms with Gasteiger partial charge in [0.2, 0.25) is 0 Å². The molecule has 0 amide bonds. The molecule has 3 rings (SSSR count). The zero-order valence-electron chi connectivity index (χ0n) is 14.5. The summed E-state index contributed by atoms with van der Waals surface area (Å²) in [6, 6.07) is 9.80. The molecular weight excluding hydrogens is 412 g/mol. The molecule has 142 valence electrons. The Kier molecular flexibility index (Phi) is 5.46. The Morgan fingerprint density at radius 3 is 2.26 bits per heavy atom. The number of sulfonamides is 1. The second kappa shape index (κ2) is 7.50. The third kappa shape index (κ3) is 4.10. The number of aryl methyl sites for hydroxylation is 1. The summed E-state index contributed by atoms with van der Waals surface area (Å²) in [5.74, 6) is -0.509. The van der Waals surface area contributed by atoms with E-state index in [9.17, 15) is 12.8 Å². The van der Waals surface area contributed by atoms with Crippen LogP contribution in [0.25, 0.3) is 0 Å². The van der Waals surface area contributed by atoms with Crippen LogP contribution in [0.1, 0.15) is 17.0 Å². The smallest absolute Gasteiger partial charge is 0.262 e. The maximum atomic E-state index is 13.1. The maximum absolute atomic E-state index is 13.1. The minimum Gasteiger partial charge on any atom is -0.276 e. The zero-order chi connectivity index (χ0) is 19.8. The average Bonchev–Trinajstić information content (AvgIpc) is 2.86. The topological polar surface area (TPSA) is 64.0 Å². The Labute approximate surface area is 166 Å². The average molecular weight is 428 g/mol. The fraction of sp³-hybridized carbons (Fsp3) is 0.167. The predicted octanol–water partition coefficient (Wildman–Crippen LogP) is 4.79. The summed E-state index contributed by atoms with van der Waals surface area (Å²) in [5.41, 5.74) is 2.16. The molecule has 0 aliphatic rings. The van der Waals surface area contributed by atoms with Gasteiger partial charge in [0, 0.05) is 15.6 Å². The van der Waals surface area contributed by atoms with Crippen LogP contribution < -0.4 is 4.72 Å². The molecule has 1 N–H and O–H groups in total. The van der Waals surface area contributed by atoms with Crippen molar-refractivity contribution in [2.75, 3.05) is 4.72 Å². The van der Waals surface area contributed by atoms with Crippen molar-refractivity contribution in [3.8, 4) is 0 Å². The first kappa shape index (κ1) is 19.7. The van der Waals surface area contributed by atoms with E-state index >= 15 is 0 Å². The summed E-state index contributed by atoms with van der Waals surface area (Å²) in [6.45, 7) is 3.73. The van der Waals surface area contributed by atoms with Gasteiger partial charge in [0.1, 0.15) is 5.82 Å². The number of benzene rings is 2. The van der Waals surface area contributed by atoms with Gasteiger partial charge in [-0.1, -0.05) is 29.3 Å². The molecule has 0 bridgehead atoms. The van der Waals surface area contributed by atoms with Gasteiger partial charge in [-0.2, -0.15) is 5.10 Å². The number of rotatable bonds is 5. The molecule has 0 aliphatic heterocycles. The van der Waals surface area contributed by atoms with E-state index in [1.807, 2.05) is 0 Å². The Hall–Kier alpha value is -2.09. The van der Waals surface area contributed by atoms with Crippen molar-refractivity contribution in [2.24, 2.45) is 0 Å². The molecule has 9 heteroatoms. The number of hydrogen-bond acceptors (Lipinski definition) is 3. The number of nitrogens with one attached hydrogen (secondary N) is 1. The fourth-order valence-corrected chi connectivity index (χ4v) is 4.33. The van der Waals surface area contributed by atoms with Crippen LogP contribution in [-0.2, 0) is 16.6 Å². The van der Waals surface area contributed by atoms with Crippen molar-refractivity contribution in [1.82, 2.24) is 9.78 Å². The van der Waals surface area contributed by atoms with E-state index in [-0.39, 0.29) is 4.90 Å². The van der Waals surface area contributed by atoms with E-state index in [1.54, 1.807) is 36.7 Å². The lowest BCUT2D eigenvalue weighted by Crippen LogP contribution is -2.14. The molecule has 27 heavy (non-hydrogen) atoms. The van der Waals surface area contributed by atoms with Gasteiger partial charge in [-0.15, -0.1) is 0 Å². The van der Waals surface area contributed by atoms with Crippen LogP contribution in [0.15, 0.2) is 47.4 Å². The molecule has 3 aromatic rings. The van der Waals surface area contributed by atoms with Crippen LogP contribution in [0.5, 0.6) is 0 Å². The molecule has 0 saturated carbocycles. The number of anilines is 1. The monoisotopic (exact) mass is 427 g/mol. The highest BCUT2D eigenvalue weighted by Gasteiger charge is 2.20. The number of halogens is 3. The van der Waals surface area contributed by atoms with E-state index in [1.165, 1.54) is 12.1 Å². The first-order chi connectivity index (χ1) is 12.7. The summed E-state index contributed by atoms with van der Waals surface area (Å²) >= 11 is 12.4. The fourth-order valence-electron chi connectivity index (χ4n) is 2.64. The van der Waals surface area contributed by atoms with E-state index in [4.69, 9.17) is 23.2 Å². The lowest BCUT2D eigenvalue weighted by Gasteiger charge is -2.10. The highest BCUT2D eigenvalue weighted by Crippen LogP contribution is 2.28. The second-order valence-electron chi connectivity index (χ2n) is 5.96. The second-order valence-corrected chi connectivity index (χ2v) is 8.46. The van der Waals surface area contributed by atoms with Crippen LogP contribution in [-0.4, -0.2) is 18.2 Å². The predicted molar refractivity (Wildman–Crippen MR) is 104 cm³/mol. The summed E-state index contributed by atoms with van der Waals surface area (Å²) in [4.78, 5) is -0.0374. The zero-order valence-corrected chi connectivity index (χ0v) is 16.8. The first-order valence-corrected chi connectivity index (χ1v) is 10.2. The van der Waals surface area contributed by atoms with Crippen molar-refractivity contribution >= 4 is 38.9 Å². The quantitative estimate of drug-likeness (QED) is 0.635. The van der Waals surface area contributed by atoms with Gasteiger partial charge in [0.25, 0.3) is 10.0 Å². The molecule has 0 aliphatic carbocycles. The van der Waals surface area contributed by atoms with Gasteiger partial charge >= 0.3 is 0 Å². The Bertz CT molecular complexity index is 1080. The summed E-state index contributed by atoms with van der Waals surface area (Å²) < 4.78 is 42.4. The van der Waals surface area contributed by atoms with Gasteiger partial charge in [-0.05, 0) is 50.2 Å². The number of hydrogen-bond donors (Lipinski definition) is 1. The largest absolute Gasteiger partial charge is 0.276 e. The standard InChI is InChI=1S/C18H16Cl2FN3O2S/c1-11-18(23-27(25,26)14-8-6-13(21)7-9-14)12(2)24(22-11)10-15-16(19)4-3-5-17(15)20/h3-9,23H,10H2,1-2H3. The van der Waals surface area contributed by atoms with E-state index in [2.05, 4.69) is 9.82 Å². The SMILES string of the molecule is Cc1nn(Cc2c(Cl)cccc2Cl)c(C)c1NS(=O)(=O)c1ccc(F)cc1. The lowest BCUT2D eigenvalue weighted by molar-refractivity contribution is 0.599. The van der Waals surface area contributed by atoms with Crippen LogP contribution in [0.3, 0.4) is 0 Å². The highest BCUT2D eigenvalue weighted by molar-refractivity contribution is 7.92. The van der Waals surface area contributed by atoms with Crippen molar-refractivity contribution < 1.29 is 12.8 Å². The lowest BCUT2D eigenvalue weighted by atomic mass is 10.2. The van der Waals surface area contributed by atoms with E-state index < -0.39 is 15.8 Å². The van der Waals surface area contributed by atoms with Crippen molar-refractivity contribution in [3.63, 3.8) is 0 Å². The van der Waals surface area contributed by atoms with E-state index in [0.29, 0.717) is 39.2 Å². The minimum absolute atomic E-state index is 0.0374. The normalized spacial score (nSPS) is 11.6. The van der Waals surface area contributed by atoms with Crippen LogP contribution in [0, 0.1) is 19.7 Å². The van der Waals surface area contributed by atoms with E-state index in [0.717, 1.165) is 12.1 Å². The van der Waals surface area contributed by atoms with Crippen molar-refractivity contribution in [3.05, 3.63) is 75.3 Å². The molecular formula is C18H16Cl2FN3O2S. The van der Waals surface area contributed by atoms with Gasteiger partial charge in [-0.25, -0.2) is 12.8 Å². The maximum Gasteiger partial charge on any atom is 0.262 e. The molecule has 2 aromatic carbocycles. The van der Waals surface area contributed by atoms with Crippen LogP contribution in [0.2, 0.25) is 10.0 Å². The molecule has 0 unspecified atom stereocenters. The van der Waals surface area contributed by atoms with Crippen LogP contribution in [0.4, 0.5) is 10.1 Å². The first-order valence-electron chi connectivity index (χ1n) is 7.94. The van der Waals surface area contributed by atoms with Crippen molar-refractivity contribution in [1.29, 1.82) is 0 Å². The Morgan fingerprint density at radius 1 is 1.07 bits per heavy atom.